The first-order chi connectivity index (χ1) is 11.2. The monoisotopic (exact) mass is 370 g/mol. The molecule has 0 aliphatic carbocycles. The van der Waals surface area contributed by atoms with E-state index in [1.807, 2.05) is 0 Å². The zero-order chi connectivity index (χ0) is 18.4. The van der Waals surface area contributed by atoms with Crippen molar-refractivity contribution in [3.8, 4) is 0 Å². The minimum Gasteiger partial charge on any atom is -0.460 e. The summed E-state index contributed by atoms with van der Waals surface area (Å²) in [7, 11) is -3.51. The summed E-state index contributed by atoms with van der Waals surface area (Å²) in [6.45, 7) is 23.7. The predicted molar refractivity (Wildman–Crippen MR) is 101 cm³/mol. The molecule has 5 nitrogen and oxygen atoms in total. The van der Waals surface area contributed by atoms with E-state index < -0.39 is 33.6 Å². The minimum atomic E-state index is -2.01. The maximum Gasteiger partial charge on any atom is 0.274 e. The number of hydrogen-bond donors (Lipinski definition) is 0. The molecule has 0 spiro atoms. The first kappa shape index (κ1) is 20.6. The lowest BCUT2D eigenvalue weighted by Crippen LogP contribution is -2.71. The van der Waals surface area contributed by atoms with Crippen LogP contribution in [0.2, 0.25) is 32.2 Å². The van der Waals surface area contributed by atoms with Crippen molar-refractivity contribution in [3.05, 3.63) is 51.4 Å². The lowest BCUT2D eigenvalue weighted by Gasteiger charge is -2.54. The van der Waals surface area contributed by atoms with Gasteiger partial charge in [-0.2, -0.15) is 0 Å². The Labute approximate surface area is 147 Å². The molecule has 1 aliphatic rings. The Morgan fingerprint density at radius 1 is 0.833 bits per heavy atom. The number of ether oxygens (including phenoxy) is 4. The van der Waals surface area contributed by atoms with Gasteiger partial charge in [-0.1, -0.05) is 45.5 Å². The molecule has 1 aliphatic heterocycles. The maximum atomic E-state index is 6.72. The molecule has 1 fully saturated rings. The van der Waals surface area contributed by atoms with Crippen LogP contribution in [-0.4, -0.2) is 33.6 Å². The highest BCUT2D eigenvalue weighted by molar-refractivity contribution is 7.38. The molecule has 0 amide bonds. The third-order valence-electron chi connectivity index (χ3n) is 4.89. The summed E-state index contributed by atoms with van der Waals surface area (Å²) in [6, 6.07) is 1.04. The van der Waals surface area contributed by atoms with Crippen LogP contribution in [0, 0.1) is 0 Å². The van der Waals surface area contributed by atoms with Crippen molar-refractivity contribution in [2.24, 2.45) is 0 Å². The zero-order valence-electron chi connectivity index (χ0n) is 15.2. The fourth-order valence-corrected chi connectivity index (χ4v) is 9.51. The van der Waals surface area contributed by atoms with Crippen LogP contribution in [0.5, 0.6) is 0 Å². The van der Waals surface area contributed by atoms with Gasteiger partial charge in [-0.15, -0.1) is 0 Å². The third kappa shape index (κ3) is 3.96. The Hall–Kier alpha value is -1.45. The molecule has 1 saturated heterocycles. The van der Waals surface area contributed by atoms with Crippen LogP contribution in [-0.2, 0) is 23.4 Å². The summed E-state index contributed by atoms with van der Waals surface area (Å²) < 4.78 is 29.2. The fraction of sp³-hybridized carbons (Fsp3) is 0.529. The van der Waals surface area contributed by atoms with Crippen LogP contribution in [0.25, 0.3) is 0 Å². The van der Waals surface area contributed by atoms with Crippen LogP contribution >= 0.6 is 0 Å². The highest BCUT2D eigenvalue weighted by Gasteiger charge is 2.62. The van der Waals surface area contributed by atoms with Gasteiger partial charge in [0.05, 0.1) is 32.6 Å². The highest BCUT2D eigenvalue weighted by Crippen LogP contribution is 2.45. The smallest absolute Gasteiger partial charge is 0.274 e. The number of hydrogen-bond acceptors (Lipinski definition) is 5. The molecule has 1 rings (SSSR count). The van der Waals surface area contributed by atoms with Crippen molar-refractivity contribution in [1.82, 2.24) is 0 Å². The number of rotatable bonds is 10. The molecule has 0 aromatic rings. The first-order valence-corrected chi connectivity index (χ1v) is 15.1. The molecule has 0 aromatic carbocycles. The molecule has 7 heteroatoms. The van der Waals surface area contributed by atoms with Gasteiger partial charge in [0, 0.05) is 0 Å². The van der Waals surface area contributed by atoms with Crippen LogP contribution in [0.1, 0.15) is 6.42 Å². The summed E-state index contributed by atoms with van der Waals surface area (Å²) in [4.78, 5) is 0. The Morgan fingerprint density at radius 3 is 1.50 bits per heavy atom. The molecular formula is C17H30O5Si2. The quantitative estimate of drug-likeness (QED) is 0.323. The van der Waals surface area contributed by atoms with Gasteiger partial charge in [0.1, 0.15) is 0 Å². The minimum absolute atomic E-state index is 0.668. The topological polar surface area (TPSA) is 46.2 Å². The van der Waals surface area contributed by atoms with E-state index in [1.54, 1.807) is 0 Å². The first-order valence-electron chi connectivity index (χ1n) is 7.96. The van der Waals surface area contributed by atoms with Crippen molar-refractivity contribution in [1.29, 1.82) is 0 Å². The van der Waals surface area contributed by atoms with Gasteiger partial charge < -0.3 is 23.4 Å². The van der Waals surface area contributed by atoms with Crippen molar-refractivity contribution < 1.29 is 23.4 Å². The standard InChI is InChI=1S/C17H30O5Si2/c1-9-18-15(19-10-2)17(16(20-11-3)21-12-4)13-14-23(5,6)24(7,8)22-17/h9-12,15-16H,1-4,13-14H2,5-8H3. The van der Waals surface area contributed by atoms with Gasteiger partial charge in [0.2, 0.25) is 5.60 Å². The molecule has 136 valence electrons. The van der Waals surface area contributed by atoms with Gasteiger partial charge in [-0.3, -0.25) is 0 Å². The van der Waals surface area contributed by atoms with E-state index in [0.29, 0.717) is 6.42 Å². The van der Waals surface area contributed by atoms with E-state index in [9.17, 15) is 0 Å². The molecular weight excluding hydrogens is 340 g/mol. The molecule has 0 atom stereocenters. The highest BCUT2D eigenvalue weighted by atomic mass is 29.3. The summed E-state index contributed by atoms with van der Waals surface area (Å²) in [6.07, 6.45) is 4.37. The van der Waals surface area contributed by atoms with Gasteiger partial charge >= 0.3 is 0 Å². The molecule has 0 radical (unpaired) electrons. The largest absolute Gasteiger partial charge is 0.460 e. The predicted octanol–water partition coefficient (Wildman–Crippen LogP) is 4.43. The Bertz CT molecular complexity index is 432. The van der Waals surface area contributed by atoms with Crippen molar-refractivity contribution in [2.75, 3.05) is 0 Å². The summed E-state index contributed by atoms with van der Waals surface area (Å²) in [5.41, 5.74) is -0.969. The van der Waals surface area contributed by atoms with E-state index in [0.717, 1.165) is 6.04 Å². The van der Waals surface area contributed by atoms with Gasteiger partial charge in [0.15, 0.2) is 7.83 Å². The second kappa shape index (κ2) is 8.09. The van der Waals surface area contributed by atoms with Crippen LogP contribution in [0.3, 0.4) is 0 Å². The van der Waals surface area contributed by atoms with Crippen LogP contribution < -0.4 is 0 Å². The third-order valence-corrected chi connectivity index (χ3v) is 21.4. The average molecular weight is 371 g/mol. The summed E-state index contributed by atoms with van der Waals surface area (Å²) in [5.74, 6) is 0. The fourth-order valence-electron chi connectivity index (χ4n) is 2.79. The Morgan fingerprint density at radius 2 is 1.21 bits per heavy atom. The van der Waals surface area contributed by atoms with Crippen LogP contribution in [0.15, 0.2) is 51.4 Å². The Kier molecular flexibility index (Phi) is 6.94. The molecule has 0 unspecified atom stereocenters. The molecule has 1 heterocycles. The van der Waals surface area contributed by atoms with Crippen molar-refractivity contribution in [3.63, 3.8) is 0 Å². The SMILES string of the molecule is C=COC(OC=C)C1(C(OC=C)OC=C)CC[Si](C)(C)[Si](C)(C)O1. The lowest BCUT2D eigenvalue weighted by atomic mass is 9.98. The lowest BCUT2D eigenvalue weighted by molar-refractivity contribution is -0.272. The second-order valence-corrected chi connectivity index (χ2v) is 22.0. The average Bonchev–Trinajstić information content (AvgIpc) is 2.50. The van der Waals surface area contributed by atoms with E-state index >= 15 is 0 Å². The van der Waals surface area contributed by atoms with E-state index in [2.05, 4.69) is 52.5 Å². The molecule has 0 saturated carbocycles. The van der Waals surface area contributed by atoms with Crippen molar-refractivity contribution in [2.45, 2.75) is 56.8 Å². The van der Waals surface area contributed by atoms with E-state index in [1.165, 1.54) is 25.0 Å². The van der Waals surface area contributed by atoms with E-state index in [4.69, 9.17) is 23.4 Å². The van der Waals surface area contributed by atoms with Gasteiger partial charge in [-0.25, -0.2) is 0 Å². The second-order valence-electron chi connectivity index (χ2n) is 6.83. The van der Waals surface area contributed by atoms with Crippen LogP contribution in [0.4, 0.5) is 0 Å². The van der Waals surface area contributed by atoms with Crippen molar-refractivity contribution >= 4 is 15.4 Å². The maximum absolute atomic E-state index is 6.72. The molecule has 0 bridgehead atoms. The van der Waals surface area contributed by atoms with Gasteiger partial charge in [0.25, 0.3) is 12.6 Å². The Balaban J connectivity index is 3.39. The molecule has 0 aromatic heterocycles. The molecule has 0 N–H and O–H groups in total. The van der Waals surface area contributed by atoms with E-state index in [-0.39, 0.29) is 0 Å². The normalized spacial score (nSPS) is 20.8. The zero-order valence-corrected chi connectivity index (χ0v) is 17.2. The summed E-state index contributed by atoms with van der Waals surface area (Å²) in [5, 5.41) is 0. The molecule has 24 heavy (non-hydrogen) atoms. The van der Waals surface area contributed by atoms with Gasteiger partial charge in [-0.05, 0) is 19.5 Å². The summed E-state index contributed by atoms with van der Waals surface area (Å²) >= 11 is 0.